The Labute approximate surface area is 103 Å². The average molecular weight is 246 g/mol. The lowest BCUT2D eigenvalue weighted by atomic mass is 10.2. The first-order valence-corrected chi connectivity index (χ1v) is 5.87. The molecule has 0 atom stereocenters. The van der Waals surface area contributed by atoms with Crippen LogP contribution in [0.5, 0.6) is 5.88 Å². The fraction of sp³-hybridized carbons (Fsp3) is 0.182. The zero-order valence-electron chi connectivity index (χ0n) is 9.17. The van der Waals surface area contributed by atoms with Crippen LogP contribution >= 0.6 is 11.3 Å². The number of aromatic nitrogens is 2. The largest absolute Gasteiger partial charge is 0.477 e. The third kappa shape index (κ3) is 2.19. The van der Waals surface area contributed by atoms with Crippen LogP contribution in [0.3, 0.4) is 0 Å². The normalized spacial score (nSPS) is 9.88. The van der Waals surface area contributed by atoms with Crippen LogP contribution in [0.4, 0.5) is 5.69 Å². The maximum atomic E-state index is 8.98. The summed E-state index contributed by atoms with van der Waals surface area (Å²) in [5.74, 6) is 0.264. The summed E-state index contributed by atoms with van der Waals surface area (Å²) >= 11 is 1.46. The standard InChI is InChI=1S/C11H10N4OS/c1-2-16-10-7(6-12)8(13)5-9(15-10)11-14-3-4-17-11/h3-5H,2H2,1H3,(H2,13,15). The molecule has 2 rings (SSSR count). The van der Waals surface area contributed by atoms with Gasteiger partial charge in [0.2, 0.25) is 5.88 Å². The van der Waals surface area contributed by atoms with Crippen molar-refractivity contribution < 1.29 is 4.74 Å². The number of hydrogen-bond donors (Lipinski definition) is 1. The quantitative estimate of drug-likeness (QED) is 0.895. The van der Waals surface area contributed by atoms with Gasteiger partial charge in [-0.1, -0.05) is 0 Å². The summed E-state index contributed by atoms with van der Waals surface area (Å²) in [6.07, 6.45) is 1.69. The topological polar surface area (TPSA) is 84.8 Å². The minimum absolute atomic E-state index is 0.264. The molecule has 0 amide bonds. The van der Waals surface area contributed by atoms with Crippen molar-refractivity contribution >= 4 is 17.0 Å². The molecule has 0 saturated heterocycles. The first-order chi connectivity index (χ1) is 8.26. The molecule has 6 heteroatoms. The molecule has 0 aliphatic carbocycles. The Hall–Kier alpha value is -2.13. The van der Waals surface area contributed by atoms with Gasteiger partial charge in [-0.15, -0.1) is 11.3 Å². The maximum absolute atomic E-state index is 8.98. The molecular formula is C11H10N4OS. The first-order valence-electron chi connectivity index (χ1n) is 4.99. The highest BCUT2D eigenvalue weighted by Gasteiger charge is 2.13. The van der Waals surface area contributed by atoms with Crippen molar-refractivity contribution in [3.05, 3.63) is 23.2 Å². The minimum atomic E-state index is 0.264. The van der Waals surface area contributed by atoms with E-state index in [1.165, 1.54) is 11.3 Å². The van der Waals surface area contributed by atoms with Crippen molar-refractivity contribution in [3.8, 4) is 22.7 Å². The van der Waals surface area contributed by atoms with E-state index in [0.717, 1.165) is 5.01 Å². The van der Waals surface area contributed by atoms with E-state index >= 15 is 0 Å². The number of nitrogen functional groups attached to an aromatic ring is 1. The minimum Gasteiger partial charge on any atom is -0.477 e. The Morgan fingerprint density at radius 1 is 1.59 bits per heavy atom. The summed E-state index contributed by atoms with van der Waals surface area (Å²) in [7, 11) is 0. The molecule has 0 radical (unpaired) electrons. The van der Waals surface area contributed by atoms with Crippen LogP contribution in [0.1, 0.15) is 12.5 Å². The summed E-state index contributed by atoms with van der Waals surface area (Å²) in [6.45, 7) is 2.26. The zero-order chi connectivity index (χ0) is 12.3. The third-order valence-electron chi connectivity index (χ3n) is 2.06. The van der Waals surface area contributed by atoms with Gasteiger partial charge in [0.15, 0.2) is 0 Å². The molecule has 86 valence electrons. The predicted molar refractivity (Wildman–Crippen MR) is 65.6 cm³/mol. The van der Waals surface area contributed by atoms with Gasteiger partial charge in [-0.2, -0.15) is 5.26 Å². The zero-order valence-corrected chi connectivity index (χ0v) is 9.99. The van der Waals surface area contributed by atoms with Gasteiger partial charge in [-0.05, 0) is 13.0 Å². The summed E-state index contributed by atoms with van der Waals surface area (Å²) < 4.78 is 5.31. The second-order valence-corrected chi connectivity index (χ2v) is 4.05. The molecule has 0 bridgehead atoms. The average Bonchev–Trinajstić information content (AvgIpc) is 2.82. The van der Waals surface area contributed by atoms with Crippen molar-refractivity contribution in [3.63, 3.8) is 0 Å². The summed E-state index contributed by atoms with van der Waals surface area (Å²) in [6, 6.07) is 3.63. The monoisotopic (exact) mass is 246 g/mol. The molecule has 2 aromatic heterocycles. The van der Waals surface area contributed by atoms with E-state index < -0.39 is 0 Å². The maximum Gasteiger partial charge on any atom is 0.234 e. The van der Waals surface area contributed by atoms with E-state index in [0.29, 0.717) is 18.0 Å². The van der Waals surface area contributed by atoms with Crippen LogP contribution < -0.4 is 10.5 Å². The number of thiazole rings is 1. The fourth-order valence-corrected chi connectivity index (χ4v) is 1.95. The van der Waals surface area contributed by atoms with Crippen LogP contribution in [-0.4, -0.2) is 16.6 Å². The van der Waals surface area contributed by atoms with Gasteiger partial charge >= 0.3 is 0 Å². The van der Waals surface area contributed by atoms with Crippen LogP contribution in [0.25, 0.3) is 10.7 Å². The molecule has 0 saturated carbocycles. The predicted octanol–water partition coefficient (Wildman–Crippen LogP) is 2.06. The van der Waals surface area contributed by atoms with Crippen LogP contribution in [0, 0.1) is 11.3 Å². The Bertz CT molecular complexity index is 560. The van der Waals surface area contributed by atoms with E-state index in [-0.39, 0.29) is 11.4 Å². The van der Waals surface area contributed by atoms with E-state index in [1.54, 1.807) is 12.3 Å². The number of pyridine rings is 1. The third-order valence-corrected chi connectivity index (χ3v) is 2.86. The molecule has 0 fully saturated rings. The molecular weight excluding hydrogens is 236 g/mol. The van der Waals surface area contributed by atoms with Gasteiger partial charge in [-0.3, -0.25) is 0 Å². The van der Waals surface area contributed by atoms with Crippen molar-refractivity contribution in [2.75, 3.05) is 12.3 Å². The fourth-order valence-electron chi connectivity index (χ4n) is 1.35. The highest BCUT2D eigenvalue weighted by Crippen LogP contribution is 2.28. The highest BCUT2D eigenvalue weighted by molar-refractivity contribution is 7.13. The summed E-state index contributed by atoms with van der Waals surface area (Å²) in [4.78, 5) is 8.41. The number of anilines is 1. The molecule has 2 N–H and O–H groups in total. The second-order valence-electron chi connectivity index (χ2n) is 3.16. The lowest BCUT2D eigenvalue weighted by Crippen LogP contribution is -2.02. The van der Waals surface area contributed by atoms with Crippen molar-refractivity contribution in [1.82, 2.24) is 9.97 Å². The molecule has 0 spiro atoms. The Kier molecular flexibility index (Phi) is 3.21. The molecule has 5 nitrogen and oxygen atoms in total. The van der Waals surface area contributed by atoms with Crippen molar-refractivity contribution in [2.24, 2.45) is 0 Å². The van der Waals surface area contributed by atoms with Crippen LogP contribution in [0.15, 0.2) is 17.6 Å². The Balaban J connectivity index is 2.55. The molecule has 0 unspecified atom stereocenters. The van der Waals surface area contributed by atoms with Gasteiger partial charge < -0.3 is 10.5 Å². The number of hydrogen-bond acceptors (Lipinski definition) is 6. The van der Waals surface area contributed by atoms with Crippen molar-refractivity contribution in [1.29, 1.82) is 5.26 Å². The van der Waals surface area contributed by atoms with Gasteiger partial charge in [0.1, 0.15) is 22.3 Å². The van der Waals surface area contributed by atoms with Crippen LogP contribution in [-0.2, 0) is 0 Å². The van der Waals surface area contributed by atoms with E-state index in [4.69, 9.17) is 15.7 Å². The lowest BCUT2D eigenvalue weighted by Gasteiger charge is -2.08. The SMILES string of the molecule is CCOc1nc(-c2nccs2)cc(N)c1C#N. The van der Waals surface area contributed by atoms with Gasteiger partial charge in [0, 0.05) is 11.6 Å². The molecule has 0 aliphatic heterocycles. The first kappa shape index (κ1) is 11.4. The smallest absolute Gasteiger partial charge is 0.234 e. The second kappa shape index (κ2) is 4.80. The van der Waals surface area contributed by atoms with E-state index in [2.05, 4.69) is 9.97 Å². The van der Waals surface area contributed by atoms with Gasteiger partial charge in [0.05, 0.1) is 12.3 Å². The van der Waals surface area contributed by atoms with E-state index in [1.807, 2.05) is 18.4 Å². The number of nitrogens with two attached hydrogens (primary N) is 1. The van der Waals surface area contributed by atoms with Gasteiger partial charge in [-0.25, -0.2) is 9.97 Å². The number of nitrogens with zero attached hydrogens (tertiary/aromatic N) is 3. The molecule has 0 aromatic carbocycles. The van der Waals surface area contributed by atoms with E-state index in [9.17, 15) is 0 Å². The summed E-state index contributed by atoms with van der Waals surface area (Å²) in [5.41, 5.74) is 7.06. The number of nitriles is 1. The molecule has 2 heterocycles. The number of rotatable bonds is 3. The Morgan fingerprint density at radius 2 is 2.41 bits per heavy atom. The molecule has 17 heavy (non-hydrogen) atoms. The molecule has 2 aromatic rings. The van der Waals surface area contributed by atoms with Gasteiger partial charge in [0.25, 0.3) is 0 Å². The highest BCUT2D eigenvalue weighted by atomic mass is 32.1. The lowest BCUT2D eigenvalue weighted by molar-refractivity contribution is 0.326. The Morgan fingerprint density at radius 3 is 3.00 bits per heavy atom. The van der Waals surface area contributed by atoms with Crippen molar-refractivity contribution in [2.45, 2.75) is 6.92 Å². The number of ether oxygens (including phenoxy) is 1. The van der Waals surface area contributed by atoms with Crippen LogP contribution in [0.2, 0.25) is 0 Å². The summed E-state index contributed by atoms with van der Waals surface area (Å²) in [5, 5.41) is 11.6. The molecule has 0 aliphatic rings.